The highest BCUT2D eigenvalue weighted by molar-refractivity contribution is 5.13. The van der Waals surface area contributed by atoms with Crippen molar-refractivity contribution in [2.24, 2.45) is 5.11 Å². The molecule has 0 spiro atoms. The minimum atomic E-state index is -0.466. The first-order valence-corrected chi connectivity index (χ1v) is 3.16. The summed E-state index contributed by atoms with van der Waals surface area (Å²) in [6, 6.07) is 1.29. The quantitative estimate of drug-likeness (QED) is 0.382. The van der Waals surface area contributed by atoms with Crippen molar-refractivity contribution in [3.05, 3.63) is 34.5 Å². The Balaban J connectivity index is 2.79. The van der Waals surface area contributed by atoms with Gasteiger partial charge in [-0.15, -0.1) is 0 Å². The molecule has 1 heterocycles. The summed E-state index contributed by atoms with van der Waals surface area (Å²) in [6.07, 6.45) is 3.40. The number of rotatable bonds is 3. The second-order valence-corrected chi connectivity index (χ2v) is 2.05. The zero-order chi connectivity index (χ0) is 8.10. The lowest BCUT2D eigenvalue weighted by Crippen LogP contribution is -1.97. The first kappa shape index (κ1) is 7.65. The largest absolute Gasteiger partial charge is 0.396 e. The number of hydrogen-bond acceptors (Lipinski definition) is 2. The standard InChI is InChI=1S/C6H8N4O/c7-10-9-6(4-11)5-1-2-8-3-5/h1-3,6,8,11H,4H2. The summed E-state index contributed by atoms with van der Waals surface area (Å²) in [6.45, 7) is -0.165. The SMILES string of the molecule is [N-]=[N+]=NC(CO)c1cc[nH]c1. The number of hydrogen-bond donors (Lipinski definition) is 2. The molecule has 1 rings (SSSR count). The molecular weight excluding hydrogens is 144 g/mol. The van der Waals surface area contributed by atoms with Gasteiger partial charge in [0.2, 0.25) is 0 Å². The van der Waals surface area contributed by atoms with Crippen molar-refractivity contribution >= 4 is 0 Å². The van der Waals surface area contributed by atoms with E-state index in [0.29, 0.717) is 0 Å². The van der Waals surface area contributed by atoms with E-state index in [1.807, 2.05) is 0 Å². The molecule has 11 heavy (non-hydrogen) atoms. The molecule has 2 N–H and O–H groups in total. The van der Waals surface area contributed by atoms with E-state index in [9.17, 15) is 0 Å². The number of nitrogens with zero attached hydrogens (tertiary/aromatic N) is 3. The van der Waals surface area contributed by atoms with E-state index in [-0.39, 0.29) is 6.61 Å². The average molecular weight is 152 g/mol. The molecule has 0 bridgehead atoms. The Morgan fingerprint density at radius 1 is 1.82 bits per heavy atom. The highest BCUT2D eigenvalue weighted by Gasteiger charge is 2.06. The molecule has 1 aromatic rings. The second kappa shape index (κ2) is 3.65. The topological polar surface area (TPSA) is 84.8 Å². The van der Waals surface area contributed by atoms with Crippen molar-refractivity contribution in [3.8, 4) is 0 Å². The van der Waals surface area contributed by atoms with Gasteiger partial charge < -0.3 is 10.1 Å². The summed E-state index contributed by atoms with van der Waals surface area (Å²) in [7, 11) is 0. The van der Waals surface area contributed by atoms with Gasteiger partial charge in [-0.2, -0.15) is 0 Å². The average Bonchev–Trinajstić information content (AvgIpc) is 2.52. The maximum absolute atomic E-state index is 8.75. The van der Waals surface area contributed by atoms with Crippen LogP contribution in [0.3, 0.4) is 0 Å². The number of aromatic amines is 1. The Kier molecular flexibility index (Phi) is 2.54. The van der Waals surface area contributed by atoms with Gasteiger partial charge in [-0.05, 0) is 17.2 Å². The fraction of sp³-hybridized carbons (Fsp3) is 0.333. The molecule has 0 saturated heterocycles. The monoisotopic (exact) mass is 152 g/mol. The number of aliphatic hydroxyl groups is 1. The summed E-state index contributed by atoms with van der Waals surface area (Å²) in [4.78, 5) is 5.42. The van der Waals surface area contributed by atoms with Crippen LogP contribution >= 0.6 is 0 Å². The minimum Gasteiger partial charge on any atom is -0.396 e. The molecule has 0 aromatic carbocycles. The lowest BCUT2D eigenvalue weighted by Gasteiger charge is -2.02. The van der Waals surface area contributed by atoms with Crippen LogP contribution in [0.5, 0.6) is 0 Å². The van der Waals surface area contributed by atoms with Gasteiger partial charge in [0.25, 0.3) is 0 Å². The Labute approximate surface area is 63.3 Å². The summed E-state index contributed by atoms with van der Waals surface area (Å²) in [5.74, 6) is 0. The zero-order valence-corrected chi connectivity index (χ0v) is 5.81. The van der Waals surface area contributed by atoms with E-state index in [1.165, 1.54) is 0 Å². The fourth-order valence-corrected chi connectivity index (χ4v) is 0.815. The maximum atomic E-state index is 8.75. The number of aliphatic hydroxyl groups excluding tert-OH is 1. The van der Waals surface area contributed by atoms with Gasteiger partial charge >= 0.3 is 0 Å². The lowest BCUT2D eigenvalue weighted by atomic mass is 10.2. The first-order valence-electron chi connectivity index (χ1n) is 3.16. The fourth-order valence-electron chi connectivity index (χ4n) is 0.815. The highest BCUT2D eigenvalue weighted by atomic mass is 16.3. The Morgan fingerprint density at radius 2 is 2.64 bits per heavy atom. The summed E-state index contributed by atoms with van der Waals surface area (Å²) < 4.78 is 0. The predicted molar refractivity (Wildman–Crippen MR) is 39.8 cm³/mol. The minimum absolute atomic E-state index is 0.165. The third-order valence-corrected chi connectivity index (χ3v) is 1.37. The van der Waals surface area contributed by atoms with Gasteiger partial charge in [-0.3, -0.25) is 0 Å². The number of H-pyrrole nitrogens is 1. The molecule has 0 aliphatic heterocycles. The van der Waals surface area contributed by atoms with Gasteiger partial charge in [-0.25, -0.2) is 0 Å². The van der Waals surface area contributed by atoms with Crippen molar-refractivity contribution in [2.75, 3.05) is 6.61 Å². The maximum Gasteiger partial charge on any atom is 0.0870 e. The van der Waals surface area contributed by atoms with Gasteiger partial charge in [0.15, 0.2) is 0 Å². The molecule has 0 aliphatic rings. The molecule has 0 amide bonds. The van der Waals surface area contributed by atoms with Crippen molar-refractivity contribution in [3.63, 3.8) is 0 Å². The van der Waals surface area contributed by atoms with Crippen molar-refractivity contribution < 1.29 is 5.11 Å². The number of nitrogens with one attached hydrogen (secondary N) is 1. The van der Waals surface area contributed by atoms with Gasteiger partial charge in [0.05, 0.1) is 12.6 Å². The molecule has 5 heteroatoms. The van der Waals surface area contributed by atoms with Crippen molar-refractivity contribution in [2.45, 2.75) is 6.04 Å². The van der Waals surface area contributed by atoms with Crippen LogP contribution in [-0.4, -0.2) is 16.7 Å². The van der Waals surface area contributed by atoms with E-state index >= 15 is 0 Å². The van der Waals surface area contributed by atoms with Gasteiger partial charge in [0, 0.05) is 17.3 Å². The molecule has 5 nitrogen and oxygen atoms in total. The van der Waals surface area contributed by atoms with Crippen LogP contribution in [0.15, 0.2) is 23.6 Å². The van der Waals surface area contributed by atoms with Crippen LogP contribution < -0.4 is 0 Å². The zero-order valence-electron chi connectivity index (χ0n) is 5.81. The first-order chi connectivity index (χ1) is 5.38. The van der Waals surface area contributed by atoms with Crippen molar-refractivity contribution in [1.29, 1.82) is 0 Å². The number of aromatic nitrogens is 1. The molecule has 0 aliphatic carbocycles. The van der Waals surface area contributed by atoms with Gasteiger partial charge in [-0.1, -0.05) is 5.11 Å². The Bertz CT molecular complexity index is 250. The summed E-state index contributed by atoms with van der Waals surface area (Å²) in [5.41, 5.74) is 8.90. The van der Waals surface area contributed by atoms with Crippen LogP contribution in [-0.2, 0) is 0 Å². The van der Waals surface area contributed by atoms with E-state index in [2.05, 4.69) is 15.0 Å². The van der Waals surface area contributed by atoms with E-state index < -0.39 is 6.04 Å². The molecule has 0 saturated carbocycles. The Morgan fingerprint density at radius 3 is 3.09 bits per heavy atom. The number of azide groups is 1. The molecule has 58 valence electrons. The predicted octanol–water partition coefficient (Wildman–Crippen LogP) is 1.36. The molecule has 1 unspecified atom stereocenters. The van der Waals surface area contributed by atoms with Gasteiger partial charge in [0.1, 0.15) is 0 Å². The lowest BCUT2D eigenvalue weighted by molar-refractivity contribution is 0.268. The third kappa shape index (κ3) is 1.73. The second-order valence-electron chi connectivity index (χ2n) is 2.05. The van der Waals surface area contributed by atoms with Crippen LogP contribution in [0.4, 0.5) is 0 Å². The molecular formula is C6H8N4O. The smallest absolute Gasteiger partial charge is 0.0870 e. The van der Waals surface area contributed by atoms with Crippen LogP contribution in [0.25, 0.3) is 10.4 Å². The Hall–Kier alpha value is -1.45. The van der Waals surface area contributed by atoms with Crippen LogP contribution in [0.2, 0.25) is 0 Å². The van der Waals surface area contributed by atoms with Crippen LogP contribution in [0.1, 0.15) is 11.6 Å². The van der Waals surface area contributed by atoms with Crippen molar-refractivity contribution in [1.82, 2.24) is 4.98 Å². The molecule has 0 radical (unpaired) electrons. The molecule has 0 fully saturated rings. The normalized spacial score (nSPS) is 12.1. The molecule has 1 aromatic heterocycles. The molecule has 1 atom stereocenters. The van der Waals surface area contributed by atoms with E-state index in [4.69, 9.17) is 10.6 Å². The summed E-state index contributed by atoms with van der Waals surface area (Å²) in [5, 5.41) is 12.1. The van der Waals surface area contributed by atoms with E-state index in [0.717, 1.165) is 5.56 Å². The third-order valence-electron chi connectivity index (χ3n) is 1.37. The summed E-state index contributed by atoms with van der Waals surface area (Å²) >= 11 is 0. The van der Waals surface area contributed by atoms with E-state index in [1.54, 1.807) is 18.5 Å². The highest BCUT2D eigenvalue weighted by Crippen LogP contribution is 2.15. The van der Waals surface area contributed by atoms with Crippen LogP contribution in [0, 0.1) is 0 Å².